The zero-order valence-electron chi connectivity index (χ0n) is 18.6. The second kappa shape index (κ2) is 11.1. The summed E-state index contributed by atoms with van der Waals surface area (Å²) < 4.78 is 5.77. The topological polar surface area (TPSA) is 44.8 Å². The summed E-state index contributed by atoms with van der Waals surface area (Å²) >= 11 is 0. The molecule has 5 nitrogen and oxygen atoms in total. The standard InChI is InChI=1S/C25H35N3O2/c1-20(2)27(3)17-18-30-24-11-9-22(10-12-24)25(29)26-14-6-15-28-16-13-21-7-4-5-8-23(21)19-28/h4-5,7-12,20H,6,13-19H2,1-3H3,(H,26,29). The van der Waals surface area contributed by atoms with Crippen molar-refractivity contribution in [2.24, 2.45) is 0 Å². The molecule has 0 aromatic heterocycles. The fourth-order valence-corrected chi connectivity index (χ4v) is 3.62. The minimum Gasteiger partial charge on any atom is -0.492 e. The van der Waals surface area contributed by atoms with Gasteiger partial charge in [0.15, 0.2) is 0 Å². The third-order valence-electron chi connectivity index (χ3n) is 5.86. The number of hydrogen-bond donors (Lipinski definition) is 1. The van der Waals surface area contributed by atoms with E-state index < -0.39 is 0 Å². The summed E-state index contributed by atoms with van der Waals surface area (Å²) in [6.07, 6.45) is 2.07. The summed E-state index contributed by atoms with van der Waals surface area (Å²) in [6.45, 7) is 9.66. The molecule has 30 heavy (non-hydrogen) atoms. The molecule has 3 rings (SSSR count). The fourth-order valence-electron chi connectivity index (χ4n) is 3.62. The molecule has 0 unspecified atom stereocenters. The zero-order chi connectivity index (χ0) is 21.3. The highest BCUT2D eigenvalue weighted by Crippen LogP contribution is 2.18. The average Bonchev–Trinajstić information content (AvgIpc) is 2.76. The van der Waals surface area contributed by atoms with E-state index in [0.29, 0.717) is 24.8 Å². The van der Waals surface area contributed by atoms with Gasteiger partial charge in [-0.25, -0.2) is 0 Å². The summed E-state index contributed by atoms with van der Waals surface area (Å²) in [4.78, 5) is 17.1. The number of carbonyl (C=O) groups excluding carboxylic acids is 1. The van der Waals surface area contributed by atoms with Gasteiger partial charge in [0.25, 0.3) is 5.91 Å². The molecule has 0 radical (unpaired) electrons. The van der Waals surface area contributed by atoms with E-state index in [9.17, 15) is 4.79 Å². The fraction of sp³-hybridized carbons (Fsp3) is 0.480. The van der Waals surface area contributed by atoms with E-state index >= 15 is 0 Å². The van der Waals surface area contributed by atoms with Crippen molar-refractivity contribution < 1.29 is 9.53 Å². The molecule has 2 aromatic rings. The minimum atomic E-state index is -0.0231. The molecule has 2 aromatic carbocycles. The van der Waals surface area contributed by atoms with Crippen LogP contribution in [0.4, 0.5) is 0 Å². The summed E-state index contributed by atoms with van der Waals surface area (Å²) in [5.74, 6) is 0.777. The van der Waals surface area contributed by atoms with Gasteiger partial charge in [0.2, 0.25) is 0 Å². The van der Waals surface area contributed by atoms with E-state index in [1.807, 2.05) is 24.3 Å². The molecule has 0 saturated carbocycles. The van der Waals surface area contributed by atoms with Crippen molar-refractivity contribution in [2.75, 3.05) is 39.8 Å². The predicted octanol–water partition coefficient (Wildman–Crippen LogP) is 3.58. The summed E-state index contributed by atoms with van der Waals surface area (Å²) in [7, 11) is 2.09. The number of rotatable bonds is 10. The average molecular weight is 410 g/mol. The largest absolute Gasteiger partial charge is 0.492 e. The Hall–Kier alpha value is -2.37. The van der Waals surface area contributed by atoms with E-state index in [-0.39, 0.29) is 5.91 Å². The van der Waals surface area contributed by atoms with Gasteiger partial charge in [0.05, 0.1) is 0 Å². The normalized spacial score (nSPS) is 14.0. The number of benzene rings is 2. The Morgan fingerprint density at radius 2 is 1.87 bits per heavy atom. The highest BCUT2D eigenvalue weighted by molar-refractivity contribution is 5.94. The molecular weight excluding hydrogens is 374 g/mol. The zero-order valence-corrected chi connectivity index (χ0v) is 18.6. The van der Waals surface area contributed by atoms with Gasteiger partial charge in [-0.15, -0.1) is 0 Å². The van der Waals surface area contributed by atoms with Gasteiger partial charge < -0.3 is 15.0 Å². The second-order valence-corrected chi connectivity index (χ2v) is 8.35. The first kappa shape index (κ1) is 22.3. The molecule has 0 saturated heterocycles. The highest BCUT2D eigenvalue weighted by Gasteiger charge is 2.15. The molecule has 0 spiro atoms. The van der Waals surface area contributed by atoms with E-state index in [4.69, 9.17) is 4.74 Å². The van der Waals surface area contributed by atoms with Crippen LogP contribution in [0.25, 0.3) is 0 Å². The van der Waals surface area contributed by atoms with Gasteiger partial charge >= 0.3 is 0 Å². The van der Waals surface area contributed by atoms with Crippen LogP contribution >= 0.6 is 0 Å². The Balaban J connectivity index is 1.34. The Labute approximate surface area is 181 Å². The number of ether oxygens (including phenoxy) is 1. The molecule has 1 heterocycles. The van der Waals surface area contributed by atoms with Crippen molar-refractivity contribution in [1.82, 2.24) is 15.1 Å². The lowest BCUT2D eigenvalue weighted by Gasteiger charge is -2.28. The Morgan fingerprint density at radius 3 is 2.60 bits per heavy atom. The number of fused-ring (bicyclic) bond motifs is 1. The molecule has 162 valence electrons. The molecule has 1 N–H and O–H groups in total. The minimum absolute atomic E-state index is 0.0231. The molecule has 1 aliphatic heterocycles. The van der Waals surface area contributed by atoms with Crippen LogP contribution in [0.5, 0.6) is 5.75 Å². The molecule has 0 aliphatic carbocycles. The van der Waals surface area contributed by atoms with Gasteiger partial charge in [-0.2, -0.15) is 0 Å². The van der Waals surface area contributed by atoms with Gasteiger partial charge in [-0.1, -0.05) is 24.3 Å². The van der Waals surface area contributed by atoms with Crippen molar-refractivity contribution in [3.8, 4) is 5.75 Å². The van der Waals surface area contributed by atoms with E-state index in [2.05, 4.69) is 60.3 Å². The molecule has 1 aliphatic rings. The van der Waals surface area contributed by atoms with Gasteiger partial charge in [-0.05, 0) is 69.1 Å². The third-order valence-corrected chi connectivity index (χ3v) is 5.86. The van der Waals surface area contributed by atoms with E-state index in [1.165, 1.54) is 11.1 Å². The maximum absolute atomic E-state index is 12.4. The van der Waals surface area contributed by atoms with Crippen LogP contribution in [-0.2, 0) is 13.0 Å². The van der Waals surface area contributed by atoms with E-state index in [1.54, 1.807) is 0 Å². The predicted molar refractivity (Wildman–Crippen MR) is 122 cm³/mol. The van der Waals surface area contributed by atoms with Crippen molar-refractivity contribution in [3.05, 3.63) is 65.2 Å². The van der Waals surface area contributed by atoms with Crippen LogP contribution < -0.4 is 10.1 Å². The van der Waals surface area contributed by atoms with Crippen molar-refractivity contribution in [1.29, 1.82) is 0 Å². The monoisotopic (exact) mass is 409 g/mol. The number of nitrogens with one attached hydrogen (secondary N) is 1. The van der Waals surface area contributed by atoms with Crippen LogP contribution in [0.3, 0.4) is 0 Å². The second-order valence-electron chi connectivity index (χ2n) is 8.35. The Kier molecular flexibility index (Phi) is 8.29. The van der Waals surface area contributed by atoms with Gasteiger partial charge in [0, 0.05) is 44.3 Å². The summed E-state index contributed by atoms with van der Waals surface area (Å²) in [5.41, 5.74) is 3.58. The first-order valence-corrected chi connectivity index (χ1v) is 11.0. The SMILES string of the molecule is CC(C)N(C)CCOc1ccc(C(=O)NCCCN2CCc3ccccc3C2)cc1. The number of likely N-dealkylation sites (N-methyl/N-ethyl adjacent to an activating group) is 1. The maximum atomic E-state index is 12.4. The molecule has 0 atom stereocenters. The quantitative estimate of drug-likeness (QED) is 0.609. The Morgan fingerprint density at radius 1 is 1.13 bits per heavy atom. The summed E-state index contributed by atoms with van der Waals surface area (Å²) in [6, 6.07) is 16.6. The van der Waals surface area contributed by atoms with E-state index in [0.717, 1.165) is 44.8 Å². The van der Waals surface area contributed by atoms with Crippen LogP contribution in [0.15, 0.2) is 48.5 Å². The lowest BCUT2D eigenvalue weighted by Crippen LogP contribution is -2.33. The number of nitrogens with zero attached hydrogens (tertiary/aromatic N) is 2. The smallest absolute Gasteiger partial charge is 0.251 e. The number of carbonyl (C=O) groups is 1. The van der Waals surface area contributed by atoms with Crippen LogP contribution in [0.1, 0.15) is 41.8 Å². The first-order valence-electron chi connectivity index (χ1n) is 11.0. The lowest BCUT2D eigenvalue weighted by atomic mass is 10.00. The van der Waals surface area contributed by atoms with Crippen molar-refractivity contribution in [3.63, 3.8) is 0 Å². The maximum Gasteiger partial charge on any atom is 0.251 e. The molecule has 1 amide bonds. The summed E-state index contributed by atoms with van der Waals surface area (Å²) in [5, 5.41) is 3.03. The highest BCUT2D eigenvalue weighted by atomic mass is 16.5. The third kappa shape index (κ3) is 6.57. The number of hydrogen-bond acceptors (Lipinski definition) is 4. The Bertz CT molecular complexity index is 804. The lowest BCUT2D eigenvalue weighted by molar-refractivity contribution is 0.0951. The van der Waals surface area contributed by atoms with Gasteiger partial charge in [0.1, 0.15) is 12.4 Å². The molecule has 0 bridgehead atoms. The molecule has 5 heteroatoms. The number of amides is 1. The van der Waals surface area contributed by atoms with Crippen molar-refractivity contribution >= 4 is 5.91 Å². The first-order chi connectivity index (χ1) is 14.5. The van der Waals surface area contributed by atoms with Crippen molar-refractivity contribution in [2.45, 2.75) is 39.3 Å². The van der Waals surface area contributed by atoms with Crippen LogP contribution in [0, 0.1) is 0 Å². The molecular formula is C25H35N3O2. The van der Waals surface area contributed by atoms with Crippen LogP contribution in [-0.4, -0.2) is 61.6 Å². The van der Waals surface area contributed by atoms with Crippen LogP contribution in [0.2, 0.25) is 0 Å². The molecule has 0 fully saturated rings. The van der Waals surface area contributed by atoms with Gasteiger partial charge in [-0.3, -0.25) is 9.69 Å².